The molecule has 1 heterocycles. The molecule has 8 heteroatoms. The van der Waals surface area contributed by atoms with Crippen LogP contribution in [0.4, 0.5) is 4.79 Å². The molecule has 2 aliphatic rings. The highest BCUT2D eigenvalue weighted by atomic mass is 16.6. The van der Waals surface area contributed by atoms with Crippen molar-refractivity contribution >= 4 is 6.09 Å². The molecule has 0 fully saturated rings. The van der Waals surface area contributed by atoms with E-state index in [0.29, 0.717) is 48.3 Å². The number of hydrogen-bond donors (Lipinski definition) is 0. The molecule has 0 saturated carbocycles. The zero-order chi connectivity index (χ0) is 22.3. The summed E-state index contributed by atoms with van der Waals surface area (Å²) in [4.78, 5) is 14.7. The zero-order valence-electron chi connectivity index (χ0n) is 18.7. The molecule has 0 aromatic heterocycles. The summed E-state index contributed by atoms with van der Waals surface area (Å²) in [5.74, 6) is 2.86. The molecule has 1 amide bonds. The Balaban J connectivity index is 2.11. The second kappa shape index (κ2) is 8.09. The molecule has 2 aromatic rings. The molecule has 0 spiro atoms. The highest BCUT2D eigenvalue weighted by Crippen LogP contribution is 2.62. The van der Waals surface area contributed by atoms with Gasteiger partial charge >= 0.3 is 6.09 Å². The Kier molecular flexibility index (Phi) is 5.47. The van der Waals surface area contributed by atoms with Crippen molar-refractivity contribution in [3.63, 3.8) is 0 Å². The summed E-state index contributed by atoms with van der Waals surface area (Å²) < 4.78 is 34.0. The van der Waals surface area contributed by atoms with Gasteiger partial charge in [-0.3, -0.25) is 4.90 Å². The zero-order valence-corrected chi connectivity index (χ0v) is 18.7. The lowest BCUT2D eigenvalue weighted by atomic mass is 9.90. The second-order valence-electron chi connectivity index (χ2n) is 7.17. The summed E-state index contributed by atoms with van der Waals surface area (Å²) in [5.41, 5.74) is 4.52. The van der Waals surface area contributed by atoms with Crippen molar-refractivity contribution in [3.05, 3.63) is 28.8 Å². The first-order valence-electron chi connectivity index (χ1n) is 10.1. The monoisotopic (exact) mass is 429 g/mol. The largest absolute Gasteiger partial charge is 0.493 e. The molecule has 166 valence electrons. The van der Waals surface area contributed by atoms with Crippen molar-refractivity contribution in [2.75, 3.05) is 48.7 Å². The molecule has 31 heavy (non-hydrogen) atoms. The van der Waals surface area contributed by atoms with E-state index in [1.807, 2.05) is 12.1 Å². The maximum absolute atomic E-state index is 12.9. The Morgan fingerprint density at radius 1 is 0.903 bits per heavy atom. The molecule has 0 radical (unpaired) electrons. The van der Waals surface area contributed by atoms with Crippen LogP contribution in [0, 0.1) is 0 Å². The predicted octanol–water partition coefficient (Wildman–Crippen LogP) is 3.81. The van der Waals surface area contributed by atoms with E-state index in [-0.39, 0.29) is 6.09 Å². The lowest BCUT2D eigenvalue weighted by Crippen LogP contribution is -2.40. The van der Waals surface area contributed by atoms with Crippen molar-refractivity contribution < 1.29 is 33.2 Å². The topological polar surface area (TPSA) is 75.7 Å². The van der Waals surface area contributed by atoms with E-state index >= 15 is 0 Å². The van der Waals surface area contributed by atoms with Crippen molar-refractivity contribution in [1.82, 2.24) is 4.90 Å². The van der Waals surface area contributed by atoms with Crippen LogP contribution in [0.25, 0.3) is 11.1 Å². The Morgan fingerprint density at radius 3 is 2.16 bits per heavy atom. The Morgan fingerprint density at radius 2 is 1.58 bits per heavy atom. The van der Waals surface area contributed by atoms with Crippen LogP contribution in [-0.4, -0.2) is 59.7 Å². The summed E-state index contributed by atoms with van der Waals surface area (Å²) in [6.07, 6.45) is 0.213. The normalized spacial score (nSPS) is 15.7. The summed E-state index contributed by atoms with van der Waals surface area (Å²) in [6, 6.07) is 3.39. The minimum absolute atomic E-state index is 0.291. The van der Waals surface area contributed by atoms with Crippen molar-refractivity contribution in [2.24, 2.45) is 0 Å². The number of rotatable bonds is 6. The number of nitrogens with zero attached hydrogens (tertiary/aromatic N) is 1. The van der Waals surface area contributed by atoms with E-state index in [9.17, 15) is 4.79 Å². The summed E-state index contributed by atoms with van der Waals surface area (Å²) in [5, 5.41) is 0. The number of methoxy groups -OCH3 is 5. The number of benzene rings is 2. The van der Waals surface area contributed by atoms with E-state index in [4.69, 9.17) is 28.4 Å². The molecule has 1 unspecified atom stereocenters. The van der Waals surface area contributed by atoms with Gasteiger partial charge in [0.1, 0.15) is 0 Å². The van der Waals surface area contributed by atoms with Gasteiger partial charge in [0.25, 0.3) is 0 Å². The molecule has 1 atom stereocenters. The summed E-state index contributed by atoms with van der Waals surface area (Å²) in [6.45, 7) is 2.55. The SMILES string of the molecule is CCOC(=O)N1CCc2c(OC)c(OC)c(OC)c3c2C1c1c-3ccc(OC)c1OC. The lowest BCUT2D eigenvalue weighted by molar-refractivity contribution is 0.0937. The molecule has 0 bridgehead atoms. The highest BCUT2D eigenvalue weighted by Gasteiger charge is 2.47. The fourth-order valence-corrected chi connectivity index (χ4v) is 4.82. The third-order valence-corrected chi connectivity index (χ3v) is 5.94. The Bertz CT molecular complexity index is 1030. The molecular formula is C23H27NO7. The van der Waals surface area contributed by atoms with E-state index in [1.165, 1.54) is 0 Å². The lowest BCUT2D eigenvalue weighted by Gasteiger charge is -2.36. The van der Waals surface area contributed by atoms with Crippen molar-refractivity contribution in [2.45, 2.75) is 19.4 Å². The first-order chi connectivity index (χ1) is 15.1. The van der Waals surface area contributed by atoms with Crippen LogP contribution in [0.2, 0.25) is 0 Å². The second-order valence-corrected chi connectivity index (χ2v) is 7.17. The number of carbonyl (C=O) groups excluding carboxylic acids is 1. The molecule has 0 N–H and O–H groups in total. The van der Waals surface area contributed by atoms with Gasteiger partial charge in [-0.25, -0.2) is 4.79 Å². The smallest absolute Gasteiger partial charge is 0.410 e. The maximum Gasteiger partial charge on any atom is 0.410 e. The van der Waals surface area contributed by atoms with Gasteiger partial charge in [0.05, 0.1) is 48.2 Å². The van der Waals surface area contributed by atoms with E-state index in [2.05, 4.69) is 0 Å². The predicted molar refractivity (Wildman–Crippen MR) is 114 cm³/mol. The average Bonchev–Trinajstić information content (AvgIpc) is 3.14. The van der Waals surface area contributed by atoms with E-state index in [1.54, 1.807) is 47.4 Å². The van der Waals surface area contributed by atoms with Crippen molar-refractivity contribution in [3.8, 4) is 39.9 Å². The van der Waals surface area contributed by atoms with E-state index < -0.39 is 6.04 Å². The van der Waals surface area contributed by atoms with E-state index in [0.717, 1.165) is 27.8 Å². The molecule has 8 nitrogen and oxygen atoms in total. The fraction of sp³-hybridized carbons (Fsp3) is 0.435. The maximum atomic E-state index is 12.9. The first kappa shape index (κ1) is 21.0. The number of ether oxygens (including phenoxy) is 6. The number of amides is 1. The van der Waals surface area contributed by atoms with Crippen molar-refractivity contribution in [1.29, 1.82) is 0 Å². The van der Waals surface area contributed by atoms with Crippen LogP contribution in [0.1, 0.15) is 29.7 Å². The fourth-order valence-electron chi connectivity index (χ4n) is 4.82. The van der Waals surface area contributed by atoms with Gasteiger partial charge in [-0.15, -0.1) is 0 Å². The highest BCUT2D eigenvalue weighted by molar-refractivity contribution is 5.92. The van der Waals surface area contributed by atoms with Crippen LogP contribution in [0.15, 0.2) is 12.1 Å². The molecular weight excluding hydrogens is 402 g/mol. The third-order valence-electron chi connectivity index (χ3n) is 5.94. The quantitative estimate of drug-likeness (QED) is 0.691. The third kappa shape index (κ3) is 2.85. The molecule has 1 aliphatic carbocycles. The minimum Gasteiger partial charge on any atom is -0.493 e. The minimum atomic E-state index is -0.424. The van der Waals surface area contributed by atoms with Gasteiger partial charge in [-0.2, -0.15) is 0 Å². The summed E-state index contributed by atoms with van der Waals surface area (Å²) >= 11 is 0. The van der Waals surface area contributed by atoms with Gasteiger partial charge in [0.15, 0.2) is 23.0 Å². The number of carbonyl (C=O) groups is 1. The van der Waals surface area contributed by atoms with Gasteiger partial charge < -0.3 is 28.4 Å². The molecule has 2 aromatic carbocycles. The summed E-state index contributed by atoms with van der Waals surface area (Å²) in [7, 11) is 7.99. The van der Waals surface area contributed by atoms with Crippen LogP contribution < -0.4 is 23.7 Å². The van der Waals surface area contributed by atoms with Crippen LogP contribution in [-0.2, 0) is 11.2 Å². The molecule has 1 aliphatic heterocycles. The van der Waals surface area contributed by atoms with Crippen LogP contribution >= 0.6 is 0 Å². The van der Waals surface area contributed by atoms with Crippen LogP contribution in [0.5, 0.6) is 28.7 Å². The van der Waals surface area contributed by atoms with Gasteiger partial charge in [0.2, 0.25) is 5.75 Å². The Labute approximate surface area is 181 Å². The number of fused-ring (bicyclic) bond motifs is 3. The molecule has 4 rings (SSSR count). The Hall–Kier alpha value is -3.29. The van der Waals surface area contributed by atoms with Gasteiger partial charge in [0, 0.05) is 23.2 Å². The van der Waals surface area contributed by atoms with Gasteiger partial charge in [-0.1, -0.05) is 0 Å². The van der Waals surface area contributed by atoms with Crippen LogP contribution in [0.3, 0.4) is 0 Å². The number of hydrogen-bond acceptors (Lipinski definition) is 7. The first-order valence-corrected chi connectivity index (χ1v) is 10.1. The van der Waals surface area contributed by atoms with Gasteiger partial charge in [-0.05, 0) is 36.6 Å². The average molecular weight is 429 g/mol. The molecule has 0 saturated heterocycles. The standard InChI is InChI=1S/C23H27NO7/c1-7-31-23(25)24-11-10-13-15-16(21(29-5)22(30-6)19(13)27-3)12-8-9-14(26-2)20(28-4)17(12)18(15)24/h8-9,18H,7,10-11H2,1-6H3.